The molecule has 0 aromatic heterocycles. The second-order valence-corrected chi connectivity index (χ2v) is 6.44. The molecule has 1 atom stereocenters. The third-order valence-electron chi connectivity index (χ3n) is 3.46. The predicted molar refractivity (Wildman–Crippen MR) is 82.8 cm³/mol. The van der Waals surface area contributed by atoms with Gasteiger partial charge in [-0.1, -0.05) is 25.5 Å². The topological polar surface area (TPSA) is 46.6 Å². The lowest BCUT2D eigenvalue weighted by molar-refractivity contribution is 0.0557. The maximum atomic E-state index is 12.6. The van der Waals surface area contributed by atoms with Crippen LogP contribution in [0.1, 0.15) is 57.3 Å². The van der Waals surface area contributed by atoms with E-state index in [4.69, 9.17) is 4.74 Å². The van der Waals surface area contributed by atoms with Crippen molar-refractivity contribution in [3.8, 4) is 0 Å². The zero-order valence-corrected chi connectivity index (χ0v) is 13.2. The molecule has 4 heteroatoms. The Morgan fingerprint density at radius 3 is 2.62 bits per heavy atom. The predicted octanol–water partition coefficient (Wildman–Crippen LogP) is 4.18. The summed E-state index contributed by atoms with van der Waals surface area (Å²) >= 11 is 0. The average molecular weight is 289 g/mol. The molecule has 1 aromatic carbocycles. The molecule has 1 heterocycles. The summed E-state index contributed by atoms with van der Waals surface area (Å²) in [5.74, 6) is 0.101. The number of benzene rings is 1. The minimum Gasteiger partial charge on any atom is -0.443 e. The van der Waals surface area contributed by atoms with Crippen molar-refractivity contribution in [1.29, 1.82) is 0 Å². The van der Waals surface area contributed by atoms with E-state index in [0.717, 1.165) is 12.8 Å². The molecule has 1 aliphatic heterocycles. The van der Waals surface area contributed by atoms with Gasteiger partial charge in [-0.2, -0.15) is 0 Å². The Morgan fingerprint density at radius 2 is 2.00 bits per heavy atom. The standard InChI is InChI=1S/C17H23NO3/c1-5-8-12-11-15(19)13-9-6-7-10-14(13)18(12)16(20)21-17(2,3)4/h6-7,9-10,12H,5,8,11H2,1-4H3. The van der Waals surface area contributed by atoms with E-state index in [9.17, 15) is 9.59 Å². The SMILES string of the molecule is CCCC1CC(=O)c2ccccc2N1C(=O)OC(C)(C)C. The van der Waals surface area contributed by atoms with Crippen LogP contribution >= 0.6 is 0 Å². The molecule has 21 heavy (non-hydrogen) atoms. The Hall–Kier alpha value is -1.84. The van der Waals surface area contributed by atoms with Crippen LogP contribution in [-0.4, -0.2) is 23.5 Å². The van der Waals surface area contributed by atoms with E-state index in [0.29, 0.717) is 17.7 Å². The number of fused-ring (bicyclic) bond motifs is 1. The maximum absolute atomic E-state index is 12.6. The van der Waals surface area contributed by atoms with Crippen LogP contribution in [0.2, 0.25) is 0 Å². The molecule has 1 aromatic rings. The number of carbonyl (C=O) groups excluding carboxylic acids is 2. The van der Waals surface area contributed by atoms with Crippen molar-refractivity contribution in [2.75, 3.05) is 4.90 Å². The van der Waals surface area contributed by atoms with Gasteiger partial charge in [-0.05, 0) is 39.3 Å². The smallest absolute Gasteiger partial charge is 0.415 e. The van der Waals surface area contributed by atoms with E-state index in [1.165, 1.54) is 0 Å². The first-order chi connectivity index (χ1) is 9.83. The van der Waals surface area contributed by atoms with Gasteiger partial charge in [0.2, 0.25) is 0 Å². The van der Waals surface area contributed by atoms with Crippen LogP contribution in [-0.2, 0) is 4.74 Å². The van der Waals surface area contributed by atoms with Crippen LogP contribution in [0, 0.1) is 0 Å². The van der Waals surface area contributed by atoms with Crippen molar-refractivity contribution >= 4 is 17.6 Å². The van der Waals surface area contributed by atoms with Crippen molar-refractivity contribution in [3.63, 3.8) is 0 Å². The average Bonchev–Trinajstić information content (AvgIpc) is 2.37. The summed E-state index contributed by atoms with van der Waals surface area (Å²) in [7, 11) is 0. The van der Waals surface area contributed by atoms with E-state index in [-0.39, 0.29) is 17.9 Å². The van der Waals surface area contributed by atoms with Crippen molar-refractivity contribution in [2.45, 2.75) is 58.6 Å². The van der Waals surface area contributed by atoms with Crippen molar-refractivity contribution in [1.82, 2.24) is 0 Å². The highest BCUT2D eigenvalue weighted by Gasteiger charge is 2.36. The Labute approximate surface area is 126 Å². The van der Waals surface area contributed by atoms with Gasteiger partial charge in [-0.25, -0.2) is 4.79 Å². The van der Waals surface area contributed by atoms with E-state index >= 15 is 0 Å². The fourth-order valence-corrected chi connectivity index (χ4v) is 2.65. The molecule has 0 bridgehead atoms. The molecule has 0 N–H and O–H groups in total. The quantitative estimate of drug-likeness (QED) is 0.820. The van der Waals surface area contributed by atoms with E-state index in [1.54, 1.807) is 11.0 Å². The second-order valence-electron chi connectivity index (χ2n) is 6.44. The Bertz CT molecular complexity index is 545. The second kappa shape index (κ2) is 5.88. The number of rotatable bonds is 2. The molecular weight excluding hydrogens is 266 g/mol. The highest BCUT2D eigenvalue weighted by atomic mass is 16.6. The van der Waals surface area contributed by atoms with Gasteiger partial charge in [0, 0.05) is 18.0 Å². The minimum absolute atomic E-state index is 0.101. The summed E-state index contributed by atoms with van der Waals surface area (Å²) in [6, 6.07) is 7.14. The number of ketones is 1. The minimum atomic E-state index is -0.551. The number of para-hydroxylation sites is 1. The van der Waals surface area contributed by atoms with Crippen LogP contribution in [0.25, 0.3) is 0 Å². The molecule has 1 unspecified atom stereocenters. The summed E-state index contributed by atoms with van der Waals surface area (Å²) in [5.41, 5.74) is 0.724. The summed E-state index contributed by atoms with van der Waals surface area (Å²) in [4.78, 5) is 26.5. The third kappa shape index (κ3) is 3.43. The zero-order chi connectivity index (χ0) is 15.6. The third-order valence-corrected chi connectivity index (χ3v) is 3.46. The van der Waals surface area contributed by atoms with Crippen LogP contribution in [0.3, 0.4) is 0 Å². The number of carbonyl (C=O) groups is 2. The number of hydrogen-bond donors (Lipinski definition) is 0. The van der Waals surface area contributed by atoms with Gasteiger partial charge >= 0.3 is 6.09 Å². The van der Waals surface area contributed by atoms with Crippen LogP contribution < -0.4 is 4.90 Å². The molecule has 0 aliphatic carbocycles. The first-order valence-corrected chi connectivity index (χ1v) is 7.48. The fraction of sp³-hybridized carbons (Fsp3) is 0.529. The molecule has 1 amide bonds. The van der Waals surface area contributed by atoms with Gasteiger partial charge in [0.25, 0.3) is 0 Å². The molecule has 0 fully saturated rings. The number of nitrogens with zero attached hydrogens (tertiary/aromatic N) is 1. The number of anilines is 1. The zero-order valence-electron chi connectivity index (χ0n) is 13.2. The highest BCUT2D eigenvalue weighted by molar-refractivity contribution is 6.08. The van der Waals surface area contributed by atoms with E-state index in [1.807, 2.05) is 39.0 Å². The lowest BCUT2D eigenvalue weighted by atomic mass is 9.92. The molecular formula is C17H23NO3. The first kappa shape index (κ1) is 15.5. The van der Waals surface area contributed by atoms with Gasteiger partial charge in [0.15, 0.2) is 5.78 Å². The Kier molecular flexibility index (Phi) is 4.35. The van der Waals surface area contributed by atoms with Gasteiger partial charge in [-0.15, -0.1) is 0 Å². The van der Waals surface area contributed by atoms with Crippen LogP contribution in [0.4, 0.5) is 10.5 Å². The fourth-order valence-electron chi connectivity index (χ4n) is 2.65. The van der Waals surface area contributed by atoms with Gasteiger partial charge in [0.1, 0.15) is 5.60 Å². The summed E-state index contributed by atoms with van der Waals surface area (Å²) < 4.78 is 5.52. The maximum Gasteiger partial charge on any atom is 0.415 e. The Balaban J connectivity index is 2.40. The molecule has 0 saturated carbocycles. The number of ether oxygens (including phenoxy) is 1. The van der Waals surface area contributed by atoms with E-state index < -0.39 is 5.60 Å². The molecule has 114 valence electrons. The highest BCUT2D eigenvalue weighted by Crippen LogP contribution is 2.33. The number of hydrogen-bond acceptors (Lipinski definition) is 3. The molecule has 0 radical (unpaired) electrons. The molecule has 2 rings (SSSR count). The molecule has 4 nitrogen and oxygen atoms in total. The van der Waals surface area contributed by atoms with Gasteiger partial charge in [0.05, 0.1) is 5.69 Å². The molecule has 0 spiro atoms. The normalized spacial score (nSPS) is 18.4. The summed E-state index contributed by atoms with van der Waals surface area (Å²) in [6.45, 7) is 7.60. The molecule has 0 saturated heterocycles. The lowest BCUT2D eigenvalue weighted by Crippen LogP contribution is -2.47. The van der Waals surface area contributed by atoms with Gasteiger partial charge < -0.3 is 4.74 Å². The van der Waals surface area contributed by atoms with Crippen LogP contribution in [0.15, 0.2) is 24.3 Å². The first-order valence-electron chi connectivity index (χ1n) is 7.48. The molecule has 1 aliphatic rings. The number of Topliss-reactive ketones (excluding diaryl/α,β-unsaturated/α-hetero) is 1. The van der Waals surface area contributed by atoms with Crippen molar-refractivity contribution in [3.05, 3.63) is 29.8 Å². The van der Waals surface area contributed by atoms with Crippen LogP contribution in [0.5, 0.6) is 0 Å². The van der Waals surface area contributed by atoms with Gasteiger partial charge in [-0.3, -0.25) is 9.69 Å². The van der Waals surface area contributed by atoms with Crippen molar-refractivity contribution in [2.24, 2.45) is 0 Å². The largest absolute Gasteiger partial charge is 0.443 e. The lowest BCUT2D eigenvalue weighted by Gasteiger charge is -2.37. The summed E-state index contributed by atoms with van der Waals surface area (Å²) in [5, 5.41) is 0. The number of amides is 1. The monoisotopic (exact) mass is 289 g/mol. The Morgan fingerprint density at radius 1 is 1.33 bits per heavy atom. The summed E-state index contributed by atoms with van der Waals surface area (Å²) in [6.07, 6.45) is 1.70. The van der Waals surface area contributed by atoms with Crippen molar-refractivity contribution < 1.29 is 14.3 Å². The van der Waals surface area contributed by atoms with E-state index in [2.05, 4.69) is 6.92 Å².